The minimum Gasteiger partial charge on any atom is -0.493 e. The van der Waals surface area contributed by atoms with E-state index >= 15 is 0 Å². The van der Waals surface area contributed by atoms with Crippen LogP contribution in [0.4, 0.5) is 14.5 Å². The van der Waals surface area contributed by atoms with Crippen LogP contribution < -0.4 is 9.47 Å². The maximum absolute atomic E-state index is 12.4. The molecule has 0 unspecified atom stereocenters. The van der Waals surface area contributed by atoms with Gasteiger partial charge in [-0.05, 0) is 24.8 Å². The predicted octanol–water partition coefficient (Wildman–Crippen LogP) is 4.22. The molecule has 1 aromatic rings. The summed E-state index contributed by atoms with van der Waals surface area (Å²) in [5.74, 6) is -0.707. The van der Waals surface area contributed by atoms with Gasteiger partial charge in [-0.15, -0.1) is 0 Å². The van der Waals surface area contributed by atoms with Crippen molar-refractivity contribution in [2.24, 2.45) is 5.92 Å². The zero-order chi connectivity index (χ0) is 19.1. The number of ether oxygens (including phenoxy) is 3. The van der Waals surface area contributed by atoms with Gasteiger partial charge in [0.1, 0.15) is 6.61 Å². The Hall–Kier alpha value is -2.45. The van der Waals surface area contributed by atoms with E-state index in [2.05, 4.69) is 4.74 Å². The summed E-state index contributed by atoms with van der Waals surface area (Å²) in [4.78, 5) is 22.4. The molecule has 0 aliphatic heterocycles. The Morgan fingerprint density at radius 2 is 1.96 bits per heavy atom. The molecule has 1 aliphatic rings. The summed E-state index contributed by atoms with van der Waals surface area (Å²) in [5, 5.41) is 11.2. The molecule has 7 nitrogen and oxygen atoms in total. The largest absolute Gasteiger partial charge is 0.493 e. The van der Waals surface area contributed by atoms with E-state index in [0.717, 1.165) is 31.7 Å². The highest BCUT2D eigenvalue weighted by molar-refractivity contribution is 5.70. The van der Waals surface area contributed by atoms with E-state index in [1.165, 1.54) is 19.6 Å². The molecule has 1 fully saturated rings. The third kappa shape index (κ3) is 5.53. The van der Waals surface area contributed by atoms with Crippen molar-refractivity contribution in [1.82, 2.24) is 0 Å². The first-order valence-corrected chi connectivity index (χ1v) is 8.36. The van der Waals surface area contributed by atoms with Crippen LogP contribution in [0, 0.1) is 16.0 Å². The fraction of sp³-hybridized carbons (Fsp3) is 0.588. The molecule has 144 valence electrons. The number of nitrogens with zero attached hydrogens (tertiary/aromatic N) is 1. The molecule has 0 N–H and O–H groups in total. The highest BCUT2D eigenvalue weighted by Gasteiger charge is 2.23. The van der Waals surface area contributed by atoms with Gasteiger partial charge in [-0.1, -0.05) is 19.3 Å². The van der Waals surface area contributed by atoms with Gasteiger partial charge >= 0.3 is 12.6 Å². The van der Waals surface area contributed by atoms with Gasteiger partial charge in [-0.25, -0.2) is 0 Å². The maximum atomic E-state index is 12.4. The van der Waals surface area contributed by atoms with Crippen molar-refractivity contribution in [1.29, 1.82) is 0 Å². The number of hydrogen-bond acceptors (Lipinski definition) is 6. The van der Waals surface area contributed by atoms with Crippen LogP contribution in [0.5, 0.6) is 11.5 Å². The summed E-state index contributed by atoms with van der Waals surface area (Å²) in [6, 6.07) is 2.01. The van der Waals surface area contributed by atoms with E-state index in [4.69, 9.17) is 9.47 Å². The van der Waals surface area contributed by atoms with Gasteiger partial charge in [0.15, 0.2) is 11.5 Å². The lowest BCUT2D eigenvalue weighted by atomic mass is 9.87. The molecule has 1 aromatic carbocycles. The molecule has 0 aromatic heterocycles. The lowest BCUT2D eigenvalue weighted by molar-refractivity contribution is -0.386. The van der Waals surface area contributed by atoms with Gasteiger partial charge in [0.05, 0.1) is 23.7 Å². The van der Waals surface area contributed by atoms with Crippen molar-refractivity contribution >= 4 is 11.7 Å². The summed E-state index contributed by atoms with van der Waals surface area (Å²) in [6.07, 6.45) is 5.58. The molecule has 0 bridgehead atoms. The minimum atomic E-state index is -3.15. The second-order valence-corrected chi connectivity index (χ2v) is 6.14. The first-order chi connectivity index (χ1) is 12.4. The molecule has 26 heavy (non-hydrogen) atoms. The molecule has 1 aliphatic carbocycles. The number of methoxy groups -OCH3 is 1. The van der Waals surface area contributed by atoms with Gasteiger partial charge in [-0.3, -0.25) is 14.9 Å². The molecule has 1 saturated carbocycles. The van der Waals surface area contributed by atoms with Gasteiger partial charge < -0.3 is 14.2 Å². The molecular formula is C17H21F2NO6. The molecular weight excluding hydrogens is 352 g/mol. The Morgan fingerprint density at radius 1 is 1.27 bits per heavy atom. The van der Waals surface area contributed by atoms with Gasteiger partial charge in [0.25, 0.3) is 5.69 Å². The standard InChI is InChI=1S/C17H21F2NO6/c1-24-14-8-12(13(20(22)23)9-15(14)26-17(18)19)10-25-16(21)7-11-5-3-2-4-6-11/h8-9,11,17H,2-7,10H2,1H3. The summed E-state index contributed by atoms with van der Waals surface area (Å²) < 4.78 is 39.2. The fourth-order valence-corrected chi connectivity index (χ4v) is 3.07. The zero-order valence-electron chi connectivity index (χ0n) is 14.4. The Bertz CT molecular complexity index is 646. The molecule has 2 rings (SSSR count). The van der Waals surface area contributed by atoms with Crippen LogP contribution in [0.2, 0.25) is 0 Å². The molecule has 0 atom stereocenters. The number of nitro groups is 1. The number of nitro benzene ring substituents is 1. The lowest BCUT2D eigenvalue weighted by Crippen LogP contribution is -2.14. The molecule has 9 heteroatoms. The Balaban J connectivity index is 2.08. The maximum Gasteiger partial charge on any atom is 0.387 e. The molecule has 0 spiro atoms. The molecule has 0 saturated heterocycles. The van der Waals surface area contributed by atoms with Crippen LogP contribution >= 0.6 is 0 Å². The van der Waals surface area contributed by atoms with Crippen molar-refractivity contribution in [3.8, 4) is 11.5 Å². The minimum absolute atomic E-state index is 0.0467. The van der Waals surface area contributed by atoms with Crippen molar-refractivity contribution in [2.75, 3.05) is 7.11 Å². The number of rotatable bonds is 8. The number of carbonyl (C=O) groups is 1. The number of alkyl halides is 2. The quantitative estimate of drug-likeness (QED) is 0.385. The van der Waals surface area contributed by atoms with Gasteiger partial charge in [0, 0.05) is 6.42 Å². The van der Waals surface area contributed by atoms with E-state index in [9.17, 15) is 23.7 Å². The van der Waals surface area contributed by atoms with Gasteiger partial charge in [-0.2, -0.15) is 8.78 Å². The fourth-order valence-electron chi connectivity index (χ4n) is 3.07. The first-order valence-electron chi connectivity index (χ1n) is 8.36. The van der Waals surface area contributed by atoms with Crippen LogP contribution in [0.15, 0.2) is 12.1 Å². The van der Waals surface area contributed by atoms with E-state index in [-0.39, 0.29) is 30.3 Å². The Kier molecular flexibility index (Phi) is 7.11. The van der Waals surface area contributed by atoms with E-state index in [1.807, 2.05) is 0 Å². The van der Waals surface area contributed by atoms with Crippen LogP contribution in [-0.2, 0) is 16.1 Å². The SMILES string of the molecule is COc1cc(COC(=O)CC2CCCCC2)c([N+](=O)[O-])cc1OC(F)F. The topological polar surface area (TPSA) is 87.9 Å². The van der Waals surface area contributed by atoms with E-state index in [0.29, 0.717) is 0 Å². The second-order valence-electron chi connectivity index (χ2n) is 6.14. The highest BCUT2D eigenvalue weighted by Crippen LogP contribution is 2.36. The molecule has 0 radical (unpaired) electrons. The van der Waals surface area contributed by atoms with E-state index in [1.54, 1.807) is 0 Å². The van der Waals surface area contributed by atoms with Crippen molar-refractivity contribution in [3.05, 3.63) is 27.8 Å². The third-order valence-electron chi connectivity index (χ3n) is 4.35. The summed E-state index contributed by atoms with van der Waals surface area (Å²) in [7, 11) is 1.22. The normalized spacial score (nSPS) is 14.9. The van der Waals surface area contributed by atoms with Crippen LogP contribution in [0.1, 0.15) is 44.1 Å². The van der Waals surface area contributed by atoms with Crippen molar-refractivity contribution in [3.63, 3.8) is 0 Å². The van der Waals surface area contributed by atoms with Crippen molar-refractivity contribution in [2.45, 2.75) is 51.7 Å². The Morgan fingerprint density at radius 3 is 2.54 bits per heavy atom. The van der Waals surface area contributed by atoms with Crippen LogP contribution in [0.25, 0.3) is 0 Å². The lowest BCUT2D eigenvalue weighted by Gasteiger charge is -2.20. The Labute approximate surface area is 149 Å². The number of carbonyl (C=O) groups excluding carboxylic acids is 1. The molecule has 0 amide bonds. The third-order valence-corrected chi connectivity index (χ3v) is 4.35. The smallest absolute Gasteiger partial charge is 0.387 e. The van der Waals surface area contributed by atoms with E-state index < -0.39 is 28.9 Å². The second kappa shape index (κ2) is 9.30. The monoisotopic (exact) mass is 373 g/mol. The average Bonchev–Trinajstić information content (AvgIpc) is 2.60. The number of hydrogen-bond donors (Lipinski definition) is 0. The number of halogens is 2. The number of esters is 1. The van der Waals surface area contributed by atoms with Crippen LogP contribution in [0.3, 0.4) is 0 Å². The summed E-state index contributed by atoms with van der Waals surface area (Å²) in [5.41, 5.74) is -0.433. The highest BCUT2D eigenvalue weighted by atomic mass is 19.3. The van der Waals surface area contributed by atoms with Crippen LogP contribution in [-0.4, -0.2) is 24.6 Å². The first kappa shape index (κ1) is 19.9. The summed E-state index contributed by atoms with van der Waals surface area (Å²) in [6.45, 7) is -3.49. The molecule has 0 heterocycles. The zero-order valence-corrected chi connectivity index (χ0v) is 14.4. The van der Waals surface area contributed by atoms with Gasteiger partial charge in [0.2, 0.25) is 0 Å². The average molecular weight is 373 g/mol. The van der Waals surface area contributed by atoms with Crippen molar-refractivity contribution < 1.29 is 32.7 Å². The number of benzene rings is 1. The predicted molar refractivity (Wildman–Crippen MR) is 87.3 cm³/mol. The summed E-state index contributed by atoms with van der Waals surface area (Å²) >= 11 is 0.